The minimum Gasteiger partial charge on any atom is -0.409 e. The Bertz CT molecular complexity index is 243. The van der Waals surface area contributed by atoms with E-state index in [0.717, 1.165) is 19.0 Å². The Hall–Kier alpha value is -0.770. The summed E-state index contributed by atoms with van der Waals surface area (Å²) in [6, 6.07) is 0.699. The summed E-state index contributed by atoms with van der Waals surface area (Å²) in [4.78, 5) is 2.51. The Morgan fingerprint density at radius 2 is 2.06 bits per heavy atom. The third-order valence-corrected chi connectivity index (χ3v) is 4.05. The third-order valence-electron chi connectivity index (χ3n) is 4.05. The summed E-state index contributed by atoms with van der Waals surface area (Å²) in [5, 5.41) is 11.6. The first-order valence-electron chi connectivity index (χ1n) is 6.93. The van der Waals surface area contributed by atoms with Crippen molar-refractivity contribution in [3.8, 4) is 0 Å². The number of oxime groups is 1. The van der Waals surface area contributed by atoms with Gasteiger partial charge in [0.15, 0.2) is 0 Å². The lowest BCUT2D eigenvalue weighted by molar-refractivity contribution is 0.109. The predicted molar refractivity (Wildman–Crippen MR) is 71.3 cm³/mol. The van der Waals surface area contributed by atoms with E-state index >= 15 is 0 Å². The highest BCUT2D eigenvalue weighted by Crippen LogP contribution is 2.30. The molecule has 1 aliphatic carbocycles. The quantitative estimate of drug-likeness (QED) is 0.325. The molecule has 0 saturated heterocycles. The van der Waals surface area contributed by atoms with Crippen LogP contribution in [0.3, 0.4) is 0 Å². The first-order chi connectivity index (χ1) is 8.22. The van der Waals surface area contributed by atoms with Gasteiger partial charge < -0.3 is 10.9 Å². The molecular weight excluding hydrogens is 214 g/mol. The van der Waals surface area contributed by atoms with Crippen molar-refractivity contribution in [2.24, 2.45) is 16.8 Å². The molecule has 1 rings (SSSR count). The van der Waals surface area contributed by atoms with Gasteiger partial charge in [-0.25, -0.2) is 0 Å². The predicted octanol–water partition coefficient (Wildman–Crippen LogP) is 2.41. The minimum absolute atomic E-state index is 0.340. The molecule has 2 atom stereocenters. The fraction of sp³-hybridized carbons (Fsp3) is 0.923. The summed E-state index contributed by atoms with van der Waals surface area (Å²) in [7, 11) is 0. The molecule has 4 nitrogen and oxygen atoms in total. The molecule has 0 aromatic carbocycles. The van der Waals surface area contributed by atoms with Gasteiger partial charge in [0.25, 0.3) is 0 Å². The van der Waals surface area contributed by atoms with Crippen molar-refractivity contribution < 1.29 is 5.21 Å². The van der Waals surface area contributed by atoms with Gasteiger partial charge in [0.05, 0.1) is 0 Å². The number of hydrogen-bond donors (Lipinski definition) is 2. The summed E-state index contributed by atoms with van der Waals surface area (Å²) in [6.07, 6.45) is 7.33. The van der Waals surface area contributed by atoms with Crippen LogP contribution in [0.2, 0.25) is 0 Å². The molecule has 1 fully saturated rings. The van der Waals surface area contributed by atoms with Gasteiger partial charge in [-0.15, -0.1) is 0 Å². The molecule has 0 spiro atoms. The highest BCUT2D eigenvalue weighted by molar-refractivity contribution is 5.79. The van der Waals surface area contributed by atoms with Crippen LogP contribution in [0.25, 0.3) is 0 Å². The molecular formula is C13H27N3O. The lowest BCUT2D eigenvalue weighted by Gasteiger charge is -2.39. The Balaban J connectivity index is 2.52. The number of hydrogen-bond acceptors (Lipinski definition) is 3. The van der Waals surface area contributed by atoms with Gasteiger partial charge in [0.2, 0.25) is 0 Å². The van der Waals surface area contributed by atoms with Crippen molar-refractivity contribution in [3.05, 3.63) is 0 Å². The van der Waals surface area contributed by atoms with Crippen molar-refractivity contribution in [3.63, 3.8) is 0 Å². The van der Waals surface area contributed by atoms with E-state index in [-0.39, 0.29) is 0 Å². The van der Waals surface area contributed by atoms with E-state index in [1.54, 1.807) is 0 Å². The zero-order valence-corrected chi connectivity index (χ0v) is 11.2. The largest absolute Gasteiger partial charge is 0.409 e. The Morgan fingerprint density at radius 1 is 1.35 bits per heavy atom. The number of nitrogens with zero attached hydrogens (tertiary/aromatic N) is 2. The lowest BCUT2D eigenvalue weighted by atomic mass is 9.82. The van der Waals surface area contributed by atoms with Crippen LogP contribution >= 0.6 is 0 Å². The van der Waals surface area contributed by atoms with E-state index in [0.29, 0.717) is 18.3 Å². The molecule has 17 heavy (non-hydrogen) atoms. The molecule has 0 heterocycles. The topological polar surface area (TPSA) is 61.8 Å². The van der Waals surface area contributed by atoms with Crippen LogP contribution in [-0.4, -0.2) is 35.1 Å². The van der Waals surface area contributed by atoms with Gasteiger partial charge in [-0.2, -0.15) is 0 Å². The summed E-state index contributed by atoms with van der Waals surface area (Å²) in [6.45, 7) is 6.46. The van der Waals surface area contributed by atoms with Gasteiger partial charge in [-0.05, 0) is 25.3 Å². The third kappa shape index (κ3) is 4.19. The van der Waals surface area contributed by atoms with Crippen molar-refractivity contribution in [1.82, 2.24) is 4.90 Å². The van der Waals surface area contributed by atoms with E-state index < -0.39 is 0 Å². The standard InChI is InChI=1S/C13H27N3O/c1-3-11-7-5-6-8-12(11)16(4-2)10-9-13(14)15-17/h11-12,17H,3-10H2,1-2H3,(H2,14,15). The van der Waals surface area contributed by atoms with Gasteiger partial charge in [0.1, 0.15) is 5.84 Å². The van der Waals surface area contributed by atoms with Crippen molar-refractivity contribution in [1.29, 1.82) is 0 Å². The molecule has 0 radical (unpaired) electrons. The summed E-state index contributed by atoms with van der Waals surface area (Å²) in [5.74, 6) is 1.17. The normalized spacial score (nSPS) is 26.4. The average molecular weight is 241 g/mol. The van der Waals surface area contributed by atoms with E-state index in [1.165, 1.54) is 32.1 Å². The molecule has 0 aromatic heterocycles. The average Bonchev–Trinajstić information content (AvgIpc) is 2.39. The highest BCUT2D eigenvalue weighted by atomic mass is 16.4. The van der Waals surface area contributed by atoms with Crippen LogP contribution in [0.5, 0.6) is 0 Å². The Kier molecular flexibility index (Phi) is 6.34. The second kappa shape index (κ2) is 7.54. The van der Waals surface area contributed by atoms with E-state index in [9.17, 15) is 0 Å². The Morgan fingerprint density at radius 3 is 2.65 bits per heavy atom. The monoisotopic (exact) mass is 241 g/mol. The SMILES string of the molecule is CCC1CCCCC1N(CC)CCC(N)=NO. The maximum absolute atomic E-state index is 8.57. The lowest BCUT2D eigenvalue weighted by Crippen LogP contribution is -2.43. The molecule has 1 saturated carbocycles. The zero-order valence-electron chi connectivity index (χ0n) is 11.2. The number of rotatable bonds is 6. The summed E-state index contributed by atoms with van der Waals surface area (Å²) in [5.41, 5.74) is 5.55. The fourth-order valence-corrected chi connectivity index (χ4v) is 3.01. The van der Waals surface area contributed by atoms with E-state index in [1.807, 2.05) is 0 Å². The van der Waals surface area contributed by atoms with Crippen LogP contribution in [-0.2, 0) is 0 Å². The molecule has 0 aromatic rings. The first kappa shape index (κ1) is 14.3. The van der Waals surface area contributed by atoms with Gasteiger partial charge in [0, 0.05) is 19.0 Å². The highest BCUT2D eigenvalue weighted by Gasteiger charge is 2.27. The van der Waals surface area contributed by atoms with Crippen LogP contribution in [0.4, 0.5) is 0 Å². The number of amidine groups is 1. The fourth-order valence-electron chi connectivity index (χ4n) is 3.01. The summed E-state index contributed by atoms with van der Waals surface area (Å²) < 4.78 is 0. The van der Waals surface area contributed by atoms with E-state index in [4.69, 9.17) is 10.9 Å². The van der Waals surface area contributed by atoms with Crippen molar-refractivity contribution in [2.45, 2.75) is 58.4 Å². The van der Waals surface area contributed by atoms with Crippen LogP contribution in [0.15, 0.2) is 5.16 Å². The zero-order chi connectivity index (χ0) is 12.7. The molecule has 4 heteroatoms. The second-order valence-electron chi connectivity index (χ2n) is 4.99. The van der Waals surface area contributed by atoms with Gasteiger partial charge >= 0.3 is 0 Å². The van der Waals surface area contributed by atoms with Crippen LogP contribution < -0.4 is 5.73 Å². The molecule has 100 valence electrons. The number of nitrogens with two attached hydrogens (primary N) is 1. The maximum atomic E-state index is 8.57. The Labute approximate surface area is 105 Å². The van der Waals surface area contributed by atoms with Crippen molar-refractivity contribution >= 4 is 5.84 Å². The van der Waals surface area contributed by atoms with Crippen LogP contribution in [0.1, 0.15) is 52.4 Å². The van der Waals surface area contributed by atoms with Crippen LogP contribution in [0, 0.1) is 5.92 Å². The summed E-state index contributed by atoms with van der Waals surface area (Å²) >= 11 is 0. The second-order valence-corrected chi connectivity index (χ2v) is 4.99. The molecule has 0 aliphatic heterocycles. The first-order valence-corrected chi connectivity index (χ1v) is 6.93. The molecule has 3 N–H and O–H groups in total. The molecule has 0 amide bonds. The molecule has 0 bridgehead atoms. The van der Waals surface area contributed by atoms with E-state index in [2.05, 4.69) is 23.9 Å². The molecule has 1 aliphatic rings. The maximum Gasteiger partial charge on any atom is 0.140 e. The minimum atomic E-state index is 0.340. The smallest absolute Gasteiger partial charge is 0.140 e. The van der Waals surface area contributed by atoms with Gasteiger partial charge in [-0.1, -0.05) is 38.3 Å². The van der Waals surface area contributed by atoms with Gasteiger partial charge in [-0.3, -0.25) is 4.90 Å². The molecule has 2 unspecified atom stereocenters. The van der Waals surface area contributed by atoms with Crippen molar-refractivity contribution in [2.75, 3.05) is 13.1 Å².